The van der Waals surface area contributed by atoms with Crippen molar-refractivity contribution in [1.82, 2.24) is 25.1 Å². The van der Waals surface area contributed by atoms with Gasteiger partial charge < -0.3 is 10.1 Å². The number of halogens is 1. The van der Waals surface area contributed by atoms with Gasteiger partial charge in [-0.3, -0.25) is 9.07 Å². The zero-order valence-corrected chi connectivity index (χ0v) is 22.9. The maximum absolute atomic E-state index is 13.5. The molecule has 2 aromatic heterocycles. The predicted octanol–water partition coefficient (Wildman–Crippen LogP) is 4.75. The van der Waals surface area contributed by atoms with Crippen LogP contribution in [0.1, 0.15) is 29.0 Å². The zero-order valence-electron chi connectivity index (χ0n) is 22.1. The molecule has 2 atom stereocenters. The lowest BCUT2D eigenvalue weighted by molar-refractivity contribution is 0.260. The monoisotopic (exact) mass is 550 g/mol. The molecular weight excluding hydrogens is 519 g/mol. The van der Waals surface area contributed by atoms with Crippen LogP contribution in [0.2, 0.25) is 0 Å². The number of aryl methyl sites for hydroxylation is 3. The highest BCUT2D eigenvalue weighted by atomic mass is 32.2. The van der Waals surface area contributed by atoms with E-state index in [9.17, 15) is 12.8 Å². The Balaban J connectivity index is 1.48. The number of ether oxygens (including phenoxy) is 1. The first kappa shape index (κ1) is 26.8. The van der Waals surface area contributed by atoms with Crippen LogP contribution < -0.4 is 14.8 Å². The molecule has 1 saturated heterocycles. The molecule has 0 spiro atoms. The van der Waals surface area contributed by atoms with Crippen molar-refractivity contribution in [3.8, 4) is 22.9 Å². The highest BCUT2D eigenvalue weighted by Gasteiger charge is 2.26. The fraction of sp³-hybridized carbons (Fsp3) is 0.321. The molecule has 0 radical (unpaired) electrons. The summed E-state index contributed by atoms with van der Waals surface area (Å²) in [6.07, 6.45) is 3.53. The van der Waals surface area contributed by atoms with Crippen molar-refractivity contribution in [3.05, 3.63) is 77.6 Å². The molecular formula is C28H31FN6O3S. The Bertz CT molecular complexity index is 1550. The molecule has 1 aliphatic rings. The van der Waals surface area contributed by atoms with Crippen LogP contribution >= 0.6 is 0 Å². The summed E-state index contributed by atoms with van der Waals surface area (Å²) in [7, 11) is -2.34. The standard InChI is InChI=1S/C28H31FN6O3S/c1-18-5-4-6-19(2)27(18)25-13-26(33-28(32-25)34-39(36,37)23-16-31-35(3)17-23)38-22-9-7-20(8-10-22)24-11-12-30-15-21(24)14-29/h4-10,13,16-17,21,24,30H,11-12,14-15H2,1-3H3,(H,32,33,34). The van der Waals surface area contributed by atoms with Gasteiger partial charge in [0.2, 0.25) is 11.8 Å². The Morgan fingerprint density at radius 3 is 2.54 bits per heavy atom. The molecule has 204 valence electrons. The van der Waals surface area contributed by atoms with Crippen LogP contribution in [0.15, 0.2) is 65.8 Å². The third-order valence-electron chi connectivity index (χ3n) is 6.99. The lowest BCUT2D eigenvalue weighted by atomic mass is 9.82. The lowest BCUT2D eigenvalue weighted by Gasteiger charge is -2.30. The van der Waals surface area contributed by atoms with Gasteiger partial charge in [-0.05, 0) is 61.6 Å². The summed E-state index contributed by atoms with van der Waals surface area (Å²) in [6, 6.07) is 15.1. The molecule has 2 unspecified atom stereocenters. The fourth-order valence-corrected chi connectivity index (χ4v) is 5.94. The van der Waals surface area contributed by atoms with Gasteiger partial charge in [-0.15, -0.1) is 0 Å². The van der Waals surface area contributed by atoms with Crippen molar-refractivity contribution in [2.45, 2.75) is 31.1 Å². The zero-order chi connectivity index (χ0) is 27.6. The van der Waals surface area contributed by atoms with Crippen molar-refractivity contribution >= 4 is 16.0 Å². The smallest absolute Gasteiger partial charge is 0.267 e. The van der Waals surface area contributed by atoms with Crippen LogP contribution in [0.3, 0.4) is 0 Å². The summed E-state index contributed by atoms with van der Waals surface area (Å²) in [6.45, 7) is 5.09. The number of alkyl halides is 1. The molecule has 1 fully saturated rings. The van der Waals surface area contributed by atoms with E-state index in [1.54, 1.807) is 13.1 Å². The Hall–Kier alpha value is -3.83. The molecule has 0 aliphatic carbocycles. The van der Waals surface area contributed by atoms with Crippen LogP contribution in [0.5, 0.6) is 11.6 Å². The molecule has 11 heteroatoms. The van der Waals surface area contributed by atoms with Gasteiger partial charge in [-0.2, -0.15) is 10.1 Å². The molecule has 3 heterocycles. The number of nitrogens with zero attached hydrogens (tertiary/aromatic N) is 4. The van der Waals surface area contributed by atoms with E-state index in [2.05, 4.69) is 25.1 Å². The Morgan fingerprint density at radius 2 is 1.87 bits per heavy atom. The van der Waals surface area contributed by atoms with E-state index < -0.39 is 10.0 Å². The summed E-state index contributed by atoms with van der Waals surface area (Å²) >= 11 is 0. The molecule has 5 rings (SSSR count). The Labute approximate surface area is 227 Å². The Kier molecular flexibility index (Phi) is 7.62. The van der Waals surface area contributed by atoms with Gasteiger partial charge in [0.25, 0.3) is 10.0 Å². The van der Waals surface area contributed by atoms with Crippen molar-refractivity contribution in [2.24, 2.45) is 13.0 Å². The molecule has 39 heavy (non-hydrogen) atoms. The van der Waals surface area contributed by atoms with Crippen molar-refractivity contribution in [3.63, 3.8) is 0 Å². The van der Waals surface area contributed by atoms with Gasteiger partial charge >= 0.3 is 0 Å². The summed E-state index contributed by atoms with van der Waals surface area (Å²) in [5, 5.41) is 7.20. The predicted molar refractivity (Wildman–Crippen MR) is 147 cm³/mol. The number of nitrogens with one attached hydrogen (secondary N) is 2. The van der Waals surface area contributed by atoms with E-state index in [1.165, 1.54) is 17.1 Å². The van der Waals surface area contributed by atoms with Gasteiger partial charge in [0.1, 0.15) is 10.6 Å². The number of sulfonamides is 1. The normalized spacial score (nSPS) is 17.6. The summed E-state index contributed by atoms with van der Waals surface area (Å²) < 4.78 is 49.5. The van der Waals surface area contributed by atoms with Gasteiger partial charge in [0.05, 0.1) is 18.6 Å². The first-order valence-electron chi connectivity index (χ1n) is 12.7. The summed E-state index contributed by atoms with van der Waals surface area (Å²) in [4.78, 5) is 8.88. The van der Waals surface area contributed by atoms with Crippen LogP contribution in [-0.2, 0) is 17.1 Å². The molecule has 2 N–H and O–H groups in total. The molecule has 4 aromatic rings. The second-order valence-electron chi connectivity index (χ2n) is 9.82. The number of aromatic nitrogens is 4. The highest BCUT2D eigenvalue weighted by molar-refractivity contribution is 7.92. The van der Waals surface area contributed by atoms with Gasteiger partial charge in [0, 0.05) is 37.3 Å². The first-order valence-corrected chi connectivity index (χ1v) is 14.2. The van der Waals surface area contributed by atoms with Gasteiger partial charge in [-0.1, -0.05) is 30.3 Å². The fourth-order valence-electron chi connectivity index (χ4n) is 5.01. The molecule has 9 nitrogen and oxygen atoms in total. The Morgan fingerprint density at radius 1 is 1.13 bits per heavy atom. The maximum atomic E-state index is 13.5. The second kappa shape index (κ2) is 11.1. The van der Waals surface area contributed by atoms with Crippen LogP contribution in [-0.4, -0.2) is 47.9 Å². The molecule has 0 saturated carbocycles. The van der Waals surface area contributed by atoms with Crippen LogP contribution in [0.4, 0.5) is 10.3 Å². The van der Waals surface area contributed by atoms with Gasteiger partial charge in [0.15, 0.2) is 0 Å². The van der Waals surface area contributed by atoms with E-state index >= 15 is 0 Å². The number of hydrogen-bond acceptors (Lipinski definition) is 7. The molecule has 0 bridgehead atoms. The lowest BCUT2D eigenvalue weighted by Crippen LogP contribution is -2.36. The van der Waals surface area contributed by atoms with E-state index in [0.29, 0.717) is 18.0 Å². The van der Waals surface area contributed by atoms with Gasteiger partial charge in [-0.25, -0.2) is 18.1 Å². The summed E-state index contributed by atoms with van der Waals surface area (Å²) in [5.74, 6) is 0.682. The number of hydrogen-bond donors (Lipinski definition) is 2. The average molecular weight is 551 g/mol. The van der Waals surface area contributed by atoms with Crippen LogP contribution in [0, 0.1) is 19.8 Å². The first-order chi connectivity index (χ1) is 18.7. The van der Waals surface area contributed by atoms with Crippen molar-refractivity contribution in [1.29, 1.82) is 0 Å². The largest absolute Gasteiger partial charge is 0.439 e. The highest BCUT2D eigenvalue weighted by Crippen LogP contribution is 2.34. The molecule has 1 aliphatic heterocycles. The third kappa shape index (κ3) is 5.94. The summed E-state index contributed by atoms with van der Waals surface area (Å²) in [5.41, 5.74) is 4.42. The van der Waals surface area contributed by atoms with Crippen molar-refractivity contribution in [2.75, 3.05) is 24.5 Å². The van der Waals surface area contributed by atoms with E-state index in [-0.39, 0.29) is 35.2 Å². The van der Waals surface area contributed by atoms with E-state index in [1.807, 2.05) is 56.3 Å². The van der Waals surface area contributed by atoms with E-state index in [4.69, 9.17) is 4.74 Å². The topological polar surface area (TPSA) is 111 Å². The molecule has 0 amide bonds. The van der Waals surface area contributed by atoms with E-state index in [0.717, 1.165) is 35.2 Å². The minimum absolute atomic E-state index is 0.00590. The number of anilines is 1. The minimum Gasteiger partial charge on any atom is -0.439 e. The SMILES string of the molecule is Cc1cccc(C)c1-c1cc(Oc2ccc(C3CCNCC3CF)cc2)nc(NS(=O)(=O)c2cnn(C)c2)n1. The number of rotatable bonds is 8. The van der Waals surface area contributed by atoms with Crippen LogP contribution in [0.25, 0.3) is 11.3 Å². The second-order valence-corrected chi connectivity index (χ2v) is 11.5. The third-order valence-corrected chi connectivity index (χ3v) is 8.28. The quantitative estimate of drug-likeness (QED) is 0.326. The average Bonchev–Trinajstić information content (AvgIpc) is 3.36. The minimum atomic E-state index is -3.98. The number of benzene rings is 2. The van der Waals surface area contributed by atoms with Crippen molar-refractivity contribution < 1.29 is 17.5 Å². The maximum Gasteiger partial charge on any atom is 0.267 e. The molecule has 2 aromatic carbocycles. The number of piperidine rings is 1.